The number of nitrogens with one attached hydrogen (secondary N) is 1. The van der Waals surface area contributed by atoms with Crippen LogP contribution in [0.3, 0.4) is 0 Å². The van der Waals surface area contributed by atoms with Gasteiger partial charge in [0, 0.05) is 6.54 Å². The van der Waals surface area contributed by atoms with Crippen LogP contribution in [0.4, 0.5) is 0 Å². The highest BCUT2D eigenvalue weighted by atomic mass is 32.2. The van der Waals surface area contributed by atoms with Crippen molar-refractivity contribution in [2.75, 3.05) is 26.4 Å². The molecule has 0 saturated heterocycles. The molecule has 8 heteroatoms. The van der Waals surface area contributed by atoms with E-state index in [1.807, 2.05) is 0 Å². The summed E-state index contributed by atoms with van der Waals surface area (Å²) in [5.74, 6) is -0.972. The smallest absolute Gasteiger partial charge is 0.307 e. The maximum atomic E-state index is 11.9. The number of ether oxygens (including phenoxy) is 1. The van der Waals surface area contributed by atoms with Crippen LogP contribution in [0.5, 0.6) is 0 Å². The second-order valence-corrected chi connectivity index (χ2v) is 5.72. The molecule has 0 aromatic heterocycles. The van der Waals surface area contributed by atoms with E-state index in [0.29, 0.717) is 5.56 Å². The van der Waals surface area contributed by atoms with E-state index in [-0.39, 0.29) is 37.7 Å². The lowest BCUT2D eigenvalue weighted by atomic mass is 10.2. The highest BCUT2D eigenvalue weighted by Crippen LogP contribution is 2.10. The van der Waals surface area contributed by atoms with Crippen molar-refractivity contribution in [2.45, 2.75) is 11.3 Å². The summed E-state index contributed by atoms with van der Waals surface area (Å²) in [4.78, 5) is 10.6. The van der Waals surface area contributed by atoms with Crippen LogP contribution in [0, 0.1) is 0 Å². The molecule has 7 nitrogen and oxygen atoms in total. The molecule has 0 radical (unpaired) electrons. The summed E-state index contributed by atoms with van der Waals surface area (Å²) in [5.41, 5.74) is 0.530. The number of sulfonamides is 1. The van der Waals surface area contributed by atoms with Crippen LogP contribution in [0.1, 0.15) is 5.56 Å². The molecule has 0 aliphatic carbocycles. The van der Waals surface area contributed by atoms with Gasteiger partial charge in [0.15, 0.2) is 0 Å². The summed E-state index contributed by atoms with van der Waals surface area (Å²) in [6.45, 7) is 0.305. The fourth-order valence-corrected chi connectivity index (χ4v) is 2.47. The highest BCUT2D eigenvalue weighted by molar-refractivity contribution is 7.89. The second-order valence-electron chi connectivity index (χ2n) is 3.95. The topological polar surface area (TPSA) is 113 Å². The van der Waals surface area contributed by atoms with Crippen molar-refractivity contribution in [1.29, 1.82) is 0 Å². The Morgan fingerprint density at radius 3 is 2.40 bits per heavy atom. The Kier molecular flexibility index (Phi) is 6.59. The number of hydrogen-bond acceptors (Lipinski definition) is 5. The van der Waals surface area contributed by atoms with E-state index in [2.05, 4.69) is 4.72 Å². The van der Waals surface area contributed by atoms with Gasteiger partial charge in [0.1, 0.15) is 0 Å². The molecule has 0 bridgehead atoms. The Hall–Kier alpha value is -1.48. The largest absolute Gasteiger partial charge is 0.481 e. The average molecular weight is 303 g/mol. The number of carboxylic acids is 1. The molecule has 1 rings (SSSR count). The van der Waals surface area contributed by atoms with Crippen molar-refractivity contribution in [2.24, 2.45) is 0 Å². The minimum atomic E-state index is -3.63. The van der Waals surface area contributed by atoms with Crippen molar-refractivity contribution in [3.63, 3.8) is 0 Å². The average Bonchev–Trinajstić information content (AvgIpc) is 2.38. The number of aliphatic hydroxyl groups excluding tert-OH is 1. The summed E-state index contributed by atoms with van der Waals surface area (Å²) in [6.07, 6.45) is -0.150. The predicted octanol–water partition coefficient (Wildman–Crippen LogP) is -0.399. The summed E-state index contributed by atoms with van der Waals surface area (Å²) in [7, 11) is -3.63. The monoisotopic (exact) mass is 303 g/mol. The van der Waals surface area contributed by atoms with Gasteiger partial charge in [-0.15, -0.1) is 0 Å². The minimum Gasteiger partial charge on any atom is -0.481 e. The molecule has 0 atom stereocenters. The maximum Gasteiger partial charge on any atom is 0.307 e. The lowest BCUT2D eigenvalue weighted by molar-refractivity contribution is -0.136. The van der Waals surface area contributed by atoms with Crippen molar-refractivity contribution < 1.29 is 28.2 Å². The van der Waals surface area contributed by atoms with Crippen molar-refractivity contribution >= 4 is 16.0 Å². The third-order valence-corrected chi connectivity index (χ3v) is 3.84. The van der Waals surface area contributed by atoms with Gasteiger partial charge < -0.3 is 14.9 Å². The summed E-state index contributed by atoms with van der Waals surface area (Å²) in [5, 5.41) is 17.1. The highest BCUT2D eigenvalue weighted by Gasteiger charge is 2.13. The van der Waals surface area contributed by atoms with E-state index in [1.165, 1.54) is 24.3 Å². The molecule has 0 spiro atoms. The molecule has 0 aliphatic heterocycles. The Labute approximate surface area is 117 Å². The molecular weight excluding hydrogens is 286 g/mol. The molecule has 0 saturated carbocycles. The lowest BCUT2D eigenvalue weighted by Gasteiger charge is -2.07. The van der Waals surface area contributed by atoms with Gasteiger partial charge in [0.25, 0.3) is 0 Å². The fourth-order valence-electron chi connectivity index (χ4n) is 1.46. The predicted molar refractivity (Wildman–Crippen MR) is 70.9 cm³/mol. The first-order valence-corrected chi connectivity index (χ1v) is 7.43. The van der Waals surface area contributed by atoms with Crippen LogP contribution in [0.15, 0.2) is 29.2 Å². The first-order valence-electron chi connectivity index (χ1n) is 5.94. The molecule has 20 heavy (non-hydrogen) atoms. The normalized spacial score (nSPS) is 11.4. The third-order valence-electron chi connectivity index (χ3n) is 2.36. The Bertz CT molecular complexity index is 525. The minimum absolute atomic E-state index is 0.0637. The van der Waals surface area contributed by atoms with Gasteiger partial charge in [-0.2, -0.15) is 0 Å². The zero-order chi connectivity index (χ0) is 15.0. The number of carboxylic acid groups (broad SMARTS) is 1. The number of aliphatic hydroxyl groups is 1. The van der Waals surface area contributed by atoms with Gasteiger partial charge >= 0.3 is 5.97 Å². The molecule has 112 valence electrons. The van der Waals surface area contributed by atoms with Crippen molar-refractivity contribution in [1.82, 2.24) is 4.72 Å². The quantitative estimate of drug-likeness (QED) is 0.535. The molecule has 0 amide bonds. The maximum absolute atomic E-state index is 11.9. The Balaban J connectivity index is 2.56. The zero-order valence-corrected chi connectivity index (χ0v) is 11.6. The standard InChI is InChI=1S/C12H17NO6S/c14-6-8-19-7-5-13-20(17,18)11-3-1-10(2-4-11)9-12(15)16/h1-4,13-14H,5-9H2,(H,15,16). The molecular formula is C12H17NO6S. The van der Waals surface area contributed by atoms with Gasteiger partial charge in [-0.1, -0.05) is 12.1 Å². The van der Waals surface area contributed by atoms with Crippen molar-refractivity contribution in [3.05, 3.63) is 29.8 Å². The molecule has 0 aliphatic rings. The second kappa shape index (κ2) is 7.95. The number of benzene rings is 1. The van der Waals surface area contributed by atoms with Gasteiger partial charge in [-0.3, -0.25) is 4.79 Å². The Morgan fingerprint density at radius 1 is 1.20 bits per heavy atom. The van der Waals surface area contributed by atoms with Crippen LogP contribution in [-0.2, 0) is 26.0 Å². The Morgan fingerprint density at radius 2 is 1.85 bits per heavy atom. The third kappa shape index (κ3) is 5.66. The molecule has 0 unspecified atom stereocenters. The van der Waals surface area contributed by atoms with Gasteiger partial charge in [0.2, 0.25) is 10.0 Å². The summed E-state index contributed by atoms with van der Waals surface area (Å²) in [6, 6.07) is 5.64. The lowest BCUT2D eigenvalue weighted by Crippen LogP contribution is -2.27. The number of aliphatic carboxylic acids is 1. The van der Waals surface area contributed by atoms with Gasteiger partial charge in [-0.25, -0.2) is 13.1 Å². The van der Waals surface area contributed by atoms with Crippen LogP contribution < -0.4 is 4.72 Å². The molecule has 0 heterocycles. The number of hydrogen-bond donors (Lipinski definition) is 3. The first kappa shape index (κ1) is 16.6. The van der Waals surface area contributed by atoms with E-state index in [4.69, 9.17) is 14.9 Å². The van der Waals surface area contributed by atoms with E-state index in [9.17, 15) is 13.2 Å². The van der Waals surface area contributed by atoms with E-state index in [0.717, 1.165) is 0 Å². The van der Waals surface area contributed by atoms with Gasteiger partial charge in [0.05, 0.1) is 31.1 Å². The number of carbonyl (C=O) groups is 1. The first-order chi connectivity index (χ1) is 9.45. The van der Waals surface area contributed by atoms with Crippen LogP contribution in [-0.4, -0.2) is 51.0 Å². The molecule has 1 aromatic carbocycles. The summed E-state index contributed by atoms with van der Waals surface area (Å²) < 4.78 is 31.0. The van der Waals surface area contributed by atoms with E-state index in [1.54, 1.807) is 0 Å². The molecule has 0 fully saturated rings. The van der Waals surface area contributed by atoms with Gasteiger partial charge in [-0.05, 0) is 17.7 Å². The van der Waals surface area contributed by atoms with Crippen LogP contribution in [0.2, 0.25) is 0 Å². The van der Waals surface area contributed by atoms with E-state index < -0.39 is 16.0 Å². The SMILES string of the molecule is O=C(O)Cc1ccc(S(=O)(=O)NCCOCCO)cc1. The summed E-state index contributed by atoms with van der Waals surface area (Å²) >= 11 is 0. The zero-order valence-electron chi connectivity index (χ0n) is 10.8. The fraction of sp³-hybridized carbons (Fsp3) is 0.417. The van der Waals surface area contributed by atoms with Crippen molar-refractivity contribution in [3.8, 4) is 0 Å². The molecule has 3 N–H and O–H groups in total. The number of rotatable bonds is 9. The van der Waals surface area contributed by atoms with Crippen LogP contribution >= 0.6 is 0 Å². The molecule has 1 aromatic rings. The van der Waals surface area contributed by atoms with E-state index >= 15 is 0 Å². The van der Waals surface area contributed by atoms with Crippen LogP contribution in [0.25, 0.3) is 0 Å².